The fourth-order valence-corrected chi connectivity index (χ4v) is 9.34. The molecule has 0 rings (SSSR count). The zero-order valence-electron chi connectivity index (χ0n) is 45.1. The highest BCUT2D eigenvalue weighted by Crippen LogP contribution is 2.17. The first-order valence-corrected chi connectivity index (χ1v) is 30.1. The standard InChI is InChI=1S/C61H117NO5/c1-3-5-7-9-11-13-15-17-19-21-22-23-24-25-26-27-29-33-37-41-45-49-53-59(64)58(57-63)62-60(65)54-50-46-42-38-34-31-32-36-40-44-48-52-56-67-61(66)55-51-47-43-39-35-30-28-20-18-16-14-12-10-8-6-4-2/h20,28,49,53,58-59,63-64H,3-19,21-27,29-48,50-52,54-57H2,1-2H3,(H,62,65)/b28-20-,53-49+. The minimum atomic E-state index is -0.856. The van der Waals surface area contributed by atoms with Crippen molar-refractivity contribution in [3.8, 4) is 0 Å². The molecule has 67 heavy (non-hydrogen) atoms. The van der Waals surface area contributed by atoms with Gasteiger partial charge in [0.25, 0.3) is 0 Å². The Morgan fingerprint density at radius 2 is 0.701 bits per heavy atom. The molecule has 0 aliphatic rings. The van der Waals surface area contributed by atoms with Crippen LogP contribution in [0.2, 0.25) is 0 Å². The molecule has 0 saturated carbocycles. The molecule has 0 spiro atoms. The summed E-state index contributed by atoms with van der Waals surface area (Å²) in [6.07, 6.45) is 69.1. The zero-order valence-corrected chi connectivity index (χ0v) is 45.1. The number of amides is 1. The van der Waals surface area contributed by atoms with Gasteiger partial charge in [-0.2, -0.15) is 0 Å². The Morgan fingerprint density at radius 3 is 1.06 bits per heavy atom. The van der Waals surface area contributed by atoms with E-state index in [1.165, 1.54) is 244 Å². The maximum Gasteiger partial charge on any atom is 0.305 e. The Balaban J connectivity index is 3.48. The van der Waals surface area contributed by atoms with Crippen LogP contribution in [0.15, 0.2) is 24.3 Å². The first-order valence-electron chi connectivity index (χ1n) is 30.1. The van der Waals surface area contributed by atoms with Crippen molar-refractivity contribution in [2.45, 2.75) is 341 Å². The van der Waals surface area contributed by atoms with Crippen LogP contribution in [-0.2, 0) is 14.3 Å². The Labute approximate surface area is 418 Å². The summed E-state index contributed by atoms with van der Waals surface area (Å²) in [5.74, 6) is -0.0983. The minimum absolute atomic E-state index is 0.0174. The molecule has 0 aromatic carbocycles. The summed E-state index contributed by atoms with van der Waals surface area (Å²) in [5, 5.41) is 23.2. The van der Waals surface area contributed by atoms with Gasteiger partial charge in [0.05, 0.1) is 25.4 Å². The van der Waals surface area contributed by atoms with Crippen LogP contribution in [0.4, 0.5) is 0 Å². The maximum absolute atomic E-state index is 12.5. The molecule has 2 atom stereocenters. The van der Waals surface area contributed by atoms with E-state index in [0.717, 1.165) is 57.8 Å². The smallest absolute Gasteiger partial charge is 0.305 e. The van der Waals surface area contributed by atoms with Crippen LogP contribution in [0.5, 0.6) is 0 Å². The number of nitrogens with one attached hydrogen (secondary N) is 1. The van der Waals surface area contributed by atoms with Crippen LogP contribution in [0.3, 0.4) is 0 Å². The lowest BCUT2D eigenvalue weighted by molar-refractivity contribution is -0.143. The minimum Gasteiger partial charge on any atom is -0.466 e. The molecule has 1 amide bonds. The number of aliphatic hydroxyl groups is 2. The predicted octanol–water partition coefficient (Wildman–Crippen LogP) is 18.6. The molecule has 0 saturated heterocycles. The zero-order chi connectivity index (χ0) is 48.6. The van der Waals surface area contributed by atoms with E-state index in [-0.39, 0.29) is 18.5 Å². The largest absolute Gasteiger partial charge is 0.466 e. The van der Waals surface area contributed by atoms with E-state index >= 15 is 0 Å². The van der Waals surface area contributed by atoms with Gasteiger partial charge in [-0.25, -0.2) is 0 Å². The topological polar surface area (TPSA) is 95.9 Å². The third-order valence-electron chi connectivity index (χ3n) is 14.0. The van der Waals surface area contributed by atoms with Gasteiger partial charge in [-0.3, -0.25) is 9.59 Å². The number of aliphatic hydroxyl groups excluding tert-OH is 2. The molecule has 6 nitrogen and oxygen atoms in total. The summed E-state index contributed by atoms with van der Waals surface area (Å²) in [6.45, 7) is 4.88. The normalized spacial score (nSPS) is 12.7. The maximum atomic E-state index is 12.5. The van der Waals surface area contributed by atoms with Crippen LogP contribution < -0.4 is 5.32 Å². The number of ether oxygens (including phenoxy) is 1. The summed E-state index contributed by atoms with van der Waals surface area (Å²) in [7, 11) is 0. The van der Waals surface area contributed by atoms with E-state index in [4.69, 9.17) is 4.74 Å². The average Bonchev–Trinajstić information content (AvgIpc) is 3.33. The molecule has 2 unspecified atom stereocenters. The molecule has 0 heterocycles. The Kier molecular flexibility index (Phi) is 55.5. The van der Waals surface area contributed by atoms with Gasteiger partial charge < -0.3 is 20.3 Å². The number of allylic oxidation sites excluding steroid dienone is 3. The van der Waals surface area contributed by atoms with Crippen molar-refractivity contribution < 1.29 is 24.5 Å². The van der Waals surface area contributed by atoms with Crippen molar-refractivity contribution in [3.05, 3.63) is 24.3 Å². The number of hydrogen-bond acceptors (Lipinski definition) is 5. The van der Waals surface area contributed by atoms with Gasteiger partial charge in [-0.1, -0.05) is 282 Å². The van der Waals surface area contributed by atoms with Crippen molar-refractivity contribution in [1.29, 1.82) is 0 Å². The van der Waals surface area contributed by atoms with Crippen LogP contribution in [-0.4, -0.2) is 47.4 Å². The Hall–Kier alpha value is -1.66. The lowest BCUT2D eigenvalue weighted by Crippen LogP contribution is -2.45. The molecule has 396 valence electrons. The number of esters is 1. The van der Waals surface area contributed by atoms with E-state index < -0.39 is 12.1 Å². The SMILES string of the molecule is CCCCCCCCC/C=C\CCCCCCCC(=O)OCCCCCCCCCCCCCCC(=O)NC(CO)C(O)/C=C/CCCCCCCCCCCCCCCCCCCCCC. The van der Waals surface area contributed by atoms with Crippen LogP contribution in [0, 0.1) is 0 Å². The molecule has 6 heteroatoms. The Morgan fingerprint density at radius 1 is 0.403 bits per heavy atom. The molecular formula is C61H117NO5. The van der Waals surface area contributed by atoms with Gasteiger partial charge in [0.2, 0.25) is 5.91 Å². The van der Waals surface area contributed by atoms with Gasteiger partial charge in [-0.05, 0) is 57.8 Å². The van der Waals surface area contributed by atoms with Crippen molar-refractivity contribution in [1.82, 2.24) is 5.32 Å². The van der Waals surface area contributed by atoms with E-state index in [2.05, 4.69) is 31.3 Å². The predicted molar refractivity (Wildman–Crippen MR) is 292 cm³/mol. The first-order chi connectivity index (χ1) is 33.0. The molecule has 0 radical (unpaired) electrons. The Bertz CT molecular complexity index is 1040. The molecule has 0 bridgehead atoms. The summed E-state index contributed by atoms with van der Waals surface area (Å²) < 4.78 is 5.47. The summed E-state index contributed by atoms with van der Waals surface area (Å²) >= 11 is 0. The molecule has 0 aromatic rings. The number of rotatable bonds is 56. The highest BCUT2D eigenvalue weighted by Gasteiger charge is 2.18. The van der Waals surface area contributed by atoms with E-state index in [9.17, 15) is 19.8 Å². The monoisotopic (exact) mass is 944 g/mol. The first kappa shape index (κ1) is 65.3. The highest BCUT2D eigenvalue weighted by atomic mass is 16.5. The van der Waals surface area contributed by atoms with Crippen molar-refractivity contribution in [2.75, 3.05) is 13.2 Å². The molecule has 0 aliphatic carbocycles. The summed E-state index contributed by atoms with van der Waals surface area (Å²) in [6, 6.07) is -0.641. The lowest BCUT2D eigenvalue weighted by atomic mass is 10.0. The fourth-order valence-electron chi connectivity index (χ4n) is 9.34. The third-order valence-corrected chi connectivity index (χ3v) is 14.0. The fraction of sp³-hybridized carbons (Fsp3) is 0.902. The van der Waals surface area contributed by atoms with Crippen LogP contribution in [0.25, 0.3) is 0 Å². The van der Waals surface area contributed by atoms with Crippen molar-refractivity contribution in [2.24, 2.45) is 0 Å². The van der Waals surface area contributed by atoms with E-state index in [0.29, 0.717) is 19.4 Å². The van der Waals surface area contributed by atoms with Crippen LogP contribution in [0.1, 0.15) is 328 Å². The second kappa shape index (κ2) is 56.9. The van der Waals surface area contributed by atoms with Gasteiger partial charge in [-0.15, -0.1) is 0 Å². The molecule has 0 aromatic heterocycles. The van der Waals surface area contributed by atoms with Gasteiger partial charge in [0.15, 0.2) is 0 Å². The van der Waals surface area contributed by atoms with Gasteiger partial charge >= 0.3 is 5.97 Å². The summed E-state index contributed by atoms with van der Waals surface area (Å²) in [4.78, 5) is 24.6. The number of unbranched alkanes of at least 4 members (excludes halogenated alkanes) is 43. The van der Waals surface area contributed by atoms with Gasteiger partial charge in [0.1, 0.15) is 0 Å². The van der Waals surface area contributed by atoms with Crippen molar-refractivity contribution in [3.63, 3.8) is 0 Å². The summed E-state index contributed by atoms with van der Waals surface area (Å²) in [5.41, 5.74) is 0. The van der Waals surface area contributed by atoms with Gasteiger partial charge in [0, 0.05) is 12.8 Å². The van der Waals surface area contributed by atoms with E-state index in [1.807, 2.05) is 6.08 Å². The molecule has 0 aliphatic heterocycles. The molecule has 3 N–H and O–H groups in total. The lowest BCUT2D eigenvalue weighted by Gasteiger charge is -2.20. The number of carbonyl (C=O) groups is 2. The number of carbonyl (C=O) groups excluding carboxylic acids is 2. The third kappa shape index (κ3) is 53.5. The van der Waals surface area contributed by atoms with Crippen molar-refractivity contribution >= 4 is 11.9 Å². The molecular weight excluding hydrogens is 827 g/mol. The number of hydrogen-bond donors (Lipinski definition) is 3. The quantitative estimate of drug-likeness (QED) is 0.0321. The average molecular weight is 945 g/mol. The highest BCUT2D eigenvalue weighted by molar-refractivity contribution is 5.76. The second-order valence-electron chi connectivity index (χ2n) is 20.7. The van der Waals surface area contributed by atoms with E-state index in [1.54, 1.807) is 6.08 Å². The molecule has 0 fully saturated rings. The van der Waals surface area contributed by atoms with Crippen LogP contribution >= 0.6 is 0 Å². The second-order valence-corrected chi connectivity index (χ2v) is 20.7.